The van der Waals surface area contributed by atoms with E-state index >= 15 is 0 Å². The van der Waals surface area contributed by atoms with Crippen LogP contribution in [0.4, 0.5) is 0 Å². The number of carboxylic acid groups (broad SMARTS) is 1. The van der Waals surface area contributed by atoms with Gasteiger partial charge in [0.1, 0.15) is 16.7 Å². The van der Waals surface area contributed by atoms with E-state index in [-0.39, 0.29) is 10.6 Å². The van der Waals surface area contributed by atoms with Gasteiger partial charge in [-0.3, -0.25) is 0 Å². The lowest BCUT2D eigenvalue weighted by molar-refractivity contribution is 0.0691. The number of nitrogens with two attached hydrogens (primary N) is 1. The summed E-state index contributed by atoms with van der Waals surface area (Å²) in [5.74, 6) is -1.10. The zero-order chi connectivity index (χ0) is 8.43. The van der Waals surface area contributed by atoms with Gasteiger partial charge in [0.15, 0.2) is 0 Å². The van der Waals surface area contributed by atoms with Gasteiger partial charge < -0.3 is 10.1 Å². The van der Waals surface area contributed by atoms with Crippen LogP contribution in [0.25, 0.3) is 0 Å². The van der Waals surface area contributed by atoms with Crippen molar-refractivity contribution in [2.45, 2.75) is 4.90 Å². The average Bonchev–Trinajstić information content (AvgIpc) is 2.33. The topological polar surface area (TPSA) is 96.2 Å². The van der Waals surface area contributed by atoms with Crippen LogP contribution in [-0.4, -0.2) is 20.3 Å². The van der Waals surface area contributed by atoms with Gasteiger partial charge in [-0.1, -0.05) is 0 Å². The molecule has 11 heavy (non-hydrogen) atoms. The lowest BCUT2D eigenvalue weighted by Crippen LogP contribution is -2.00. The normalized spacial score (nSPS) is 12.8. The Morgan fingerprint density at radius 2 is 2.36 bits per heavy atom. The third kappa shape index (κ3) is 1.66. The second kappa shape index (κ2) is 2.85. The zero-order valence-corrected chi connectivity index (χ0v) is 6.22. The fourth-order valence-corrected chi connectivity index (χ4v) is 1.02. The molecule has 0 radical (unpaired) electrons. The first-order valence-electron chi connectivity index (χ1n) is 2.69. The number of H-pyrrole nitrogens is 1. The number of rotatable bonds is 2. The molecule has 0 saturated heterocycles. The Labute approximate surface area is 64.8 Å². The number of aromatic nitrogens is 1. The molecule has 0 fully saturated rings. The largest absolute Gasteiger partial charge is 0.477 e. The quantitative estimate of drug-likeness (QED) is 0.574. The first-order valence-corrected chi connectivity index (χ1v) is 3.90. The molecule has 0 saturated carbocycles. The molecular formula is C5H6N2O3S. The van der Waals surface area contributed by atoms with Crippen molar-refractivity contribution in [3.63, 3.8) is 0 Å². The van der Waals surface area contributed by atoms with E-state index in [4.69, 9.17) is 10.2 Å². The van der Waals surface area contributed by atoms with E-state index in [1.54, 1.807) is 0 Å². The summed E-state index contributed by atoms with van der Waals surface area (Å²) in [6, 6.07) is 1.23. The molecule has 6 heteroatoms. The molecule has 0 aromatic carbocycles. The van der Waals surface area contributed by atoms with Crippen molar-refractivity contribution < 1.29 is 14.1 Å². The van der Waals surface area contributed by atoms with E-state index in [1.165, 1.54) is 12.3 Å². The van der Waals surface area contributed by atoms with Crippen molar-refractivity contribution in [2.75, 3.05) is 0 Å². The van der Waals surface area contributed by atoms with Crippen molar-refractivity contribution in [1.29, 1.82) is 0 Å². The number of nitrogens with one attached hydrogen (secondary N) is 1. The highest BCUT2D eigenvalue weighted by Gasteiger charge is 2.07. The number of carboxylic acids is 1. The second-order valence-corrected chi connectivity index (χ2v) is 2.92. The molecule has 0 aliphatic rings. The average molecular weight is 174 g/mol. The van der Waals surface area contributed by atoms with E-state index in [2.05, 4.69) is 4.98 Å². The zero-order valence-electron chi connectivity index (χ0n) is 5.40. The molecule has 0 bridgehead atoms. The van der Waals surface area contributed by atoms with Crippen LogP contribution in [0, 0.1) is 0 Å². The number of aromatic carboxylic acids is 1. The van der Waals surface area contributed by atoms with Crippen LogP contribution in [-0.2, 0) is 11.0 Å². The molecule has 5 nitrogen and oxygen atoms in total. The van der Waals surface area contributed by atoms with E-state index in [9.17, 15) is 9.00 Å². The van der Waals surface area contributed by atoms with E-state index < -0.39 is 17.0 Å². The Hall–Kier alpha value is -1.14. The Kier molecular flexibility index (Phi) is 2.06. The van der Waals surface area contributed by atoms with Gasteiger partial charge in [-0.05, 0) is 6.07 Å². The summed E-state index contributed by atoms with van der Waals surface area (Å²) in [7, 11) is -1.62. The Morgan fingerprint density at radius 3 is 2.64 bits per heavy atom. The Bertz CT molecular complexity index is 278. The van der Waals surface area contributed by atoms with Gasteiger partial charge in [0.2, 0.25) is 0 Å². The predicted octanol–water partition coefficient (Wildman–Crippen LogP) is -0.306. The first-order chi connectivity index (χ1) is 5.11. The number of carbonyl (C=O) groups is 1. The van der Waals surface area contributed by atoms with Crippen LogP contribution in [0.2, 0.25) is 0 Å². The van der Waals surface area contributed by atoms with Crippen molar-refractivity contribution in [2.24, 2.45) is 5.14 Å². The molecule has 0 aliphatic carbocycles. The fourth-order valence-electron chi connectivity index (χ4n) is 0.614. The highest BCUT2D eigenvalue weighted by molar-refractivity contribution is 7.82. The van der Waals surface area contributed by atoms with Gasteiger partial charge in [0, 0.05) is 6.20 Å². The molecule has 1 aromatic heterocycles. The maximum Gasteiger partial charge on any atom is 0.352 e. The molecule has 1 heterocycles. The maximum absolute atomic E-state index is 10.6. The summed E-state index contributed by atoms with van der Waals surface area (Å²) >= 11 is 0. The molecule has 0 spiro atoms. The van der Waals surface area contributed by atoms with Crippen molar-refractivity contribution >= 4 is 17.0 Å². The summed E-state index contributed by atoms with van der Waals surface area (Å²) in [6.45, 7) is 0. The van der Waals surface area contributed by atoms with Gasteiger partial charge in [0.25, 0.3) is 0 Å². The minimum absolute atomic E-state index is 0.0150. The Balaban J connectivity index is 2.99. The van der Waals surface area contributed by atoms with E-state index in [1.807, 2.05) is 0 Å². The predicted molar refractivity (Wildman–Crippen MR) is 38.3 cm³/mol. The van der Waals surface area contributed by atoms with Crippen LogP contribution in [0.15, 0.2) is 17.2 Å². The summed E-state index contributed by atoms with van der Waals surface area (Å²) in [6.07, 6.45) is 1.31. The van der Waals surface area contributed by atoms with Crippen LogP contribution in [0.5, 0.6) is 0 Å². The number of hydrogen-bond acceptors (Lipinski definition) is 2. The van der Waals surface area contributed by atoms with Gasteiger partial charge in [-0.2, -0.15) is 0 Å². The standard InChI is InChI=1S/C5H6N2O3S/c6-11(10)3-1-4(5(8)9)7-2-3/h1-2,7H,6H2,(H,8,9). The summed E-state index contributed by atoms with van der Waals surface area (Å²) in [4.78, 5) is 13.0. The minimum Gasteiger partial charge on any atom is -0.477 e. The monoisotopic (exact) mass is 174 g/mol. The third-order valence-electron chi connectivity index (χ3n) is 1.12. The molecular weight excluding hydrogens is 168 g/mol. The van der Waals surface area contributed by atoms with E-state index in [0.29, 0.717) is 0 Å². The molecule has 60 valence electrons. The molecule has 4 N–H and O–H groups in total. The van der Waals surface area contributed by atoms with Gasteiger partial charge >= 0.3 is 5.97 Å². The third-order valence-corrected chi connectivity index (χ3v) is 1.82. The van der Waals surface area contributed by atoms with Gasteiger partial charge in [-0.15, -0.1) is 0 Å². The van der Waals surface area contributed by atoms with Crippen LogP contribution < -0.4 is 5.14 Å². The lowest BCUT2D eigenvalue weighted by Gasteiger charge is -1.84. The lowest BCUT2D eigenvalue weighted by atomic mass is 10.4. The number of aromatic amines is 1. The first kappa shape index (κ1) is 7.96. The summed E-state index contributed by atoms with van der Waals surface area (Å²) < 4.78 is 10.6. The van der Waals surface area contributed by atoms with Crippen molar-refractivity contribution in [1.82, 2.24) is 4.98 Å². The van der Waals surface area contributed by atoms with Crippen LogP contribution in [0.3, 0.4) is 0 Å². The SMILES string of the molecule is NS(=O)c1c[nH]c(C(=O)O)c1. The number of hydrogen-bond donors (Lipinski definition) is 3. The molecule has 0 aliphatic heterocycles. The van der Waals surface area contributed by atoms with Crippen molar-refractivity contribution in [3.8, 4) is 0 Å². The molecule has 1 unspecified atom stereocenters. The molecule has 1 rings (SSSR count). The highest BCUT2D eigenvalue weighted by Crippen LogP contribution is 2.04. The van der Waals surface area contributed by atoms with Crippen molar-refractivity contribution in [3.05, 3.63) is 18.0 Å². The van der Waals surface area contributed by atoms with Crippen LogP contribution >= 0.6 is 0 Å². The van der Waals surface area contributed by atoms with Gasteiger partial charge in [-0.25, -0.2) is 14.1 Å². The van der Waals surface area contributed by atoms with Gasteiger partial charge in [0.05, 0.1) is 4.90 Å². The second-order valence-electron chi connectivity index (χ2n) is 1.85. The van der Waals surface area contributed by atoms with Crippen LogP contribution in [0.1, 0.15) is 10.5 Å². The minimum atomic E-state index is -1.62. The maximum atomic E-state index is 10.6. The highest BCUT2D eigenvalue weighted by atomic mass is 32.2. The summed E-state index contributed by atoms with van der Waals surface area (Å²) in [5.41, 5.74) is -0.0150. The molecule has 1 aromatic rings. The summed E-state index contributed by atoms with van der Waals surface area (Å²) in [5, 5.41) is 13.4. The smallest absolute Gasteiger partial charge is 0.352 e. The fraction of sp³-hybridized carbons (Fsp3) is 0. The molecule has 0 amide bonds. The van der Waals surface area contributed by atoms with E-state index in [0.717, 1.165) is 0 Å². The molecule has 1 atom stereocenters. The Morgan fingerprint density at radius 1 is 1.73 bits per heavy atom.